The van der Waals surface area contributed by atoms with Crippen molar-refractivity contribution in [2.45, 2.75) is 19.9 Å². The van der Waals surface area contributed by atoms with Crippen LogP contribution in [0.4, 0.5) is 0 Å². The summed E-state index contributed by atoms with van der Waals surface area (Å²) in [5.41, 5.74) is 0. The molecule has 2 nitrogen and oxygen atoms in total. The van der Waals surface area contributed by atoms with Gasteiger partial charge in [0, 0.05) is 6.54 Å². The molecule has 0 aliphatic carbocycles. The van der Waals surface area contributed by atoms with Crippen LogP contribution in [0.25, 0.3) is 0 Å². The zero-order valence-corrected chi connectivity index (χ0v) is 7.58. The molecular formula is C10H15NO. The Hall–Kier alpha value is -0.760. The number of hydrogen-bond acceptors (Lipinski definition) is 2. The van der Waals surface area contributed by atoms with E-state index in [1.165, 1.54) is 0 Å². The molecule has 2 unspecified atom stereocenters. The van der Waals surface area contributed by atoms with E-state index in [0.29, 0.717) is 6.04 Å². The summed E-state index contributed by atoms with van der Waals surface area (Å²) in [6, 6.07) is 4.46. The zero-order chi connectivity index (χ0) is 8.55. The van der Waals surface area contributed by atoms with Gasteiger partial charge in [-0.3, -0.25) is 0 Å². The fourth-order valence-electron chi connectivity index (χ4n) is 1.77. The smallest absolute Gasteiger partial charge is 0.121 e. The van der Waals surface area contributed by atoms with Gasteiger partial charge in [0.1, 0.15) is 5.76 Å². The number of rotatable bonds is 2. The summed E-state index contributed by atoms with van der Waals surface area (Å²) in [7, 11) is 0. The van der Waals surface area contributed by atoms with Crippen LogP contribution in [0.3, 0.4) is 0 Å². The molecule has 1 fully saturated rings. The van der Waals surface area contributed by atoms with Crippen LogP contribution in [0.2, 0.25) is 0 Å². The maximum Gasteiger partial charge on any atom is 0.121 e. The molecule has 66 valence electrons. The summed E-state index contributed by atoms with van der Waals surface area (Å²) >= 11 is 0. The molecule has 0 bridgehead atoms. The standard InChI is InChI=1S/C10H15NO/c1-7(2)8-6-11-10(8)9-4-3-5-12-9/h3-5,7-8,10-11H,6H2,1-2H3. The predicted octanol–water partition coefficient (Wildman–Crippen LogP) is 2.20. The molecule has 0 aromatic carbocycles. The highest BCUT2D eigenvalue weighted by Gasteiger charge is 2.35. The third kappa shape index (κ3) is 1.16. The Morgan fingerprint density at radius 3 is 2.83 bits per heavy atom. The molecule has 1 aromatic rings. The van der Waals surface area contributed by atoms with E-state index >= 15 is 0 Å². The van der Waals surface area contributed by atoms with Gasteiger partial charge in [0.05, 0.1) is 12.3 Å². The van der Waals surface area contributed by atoms with Crippen LogP contribution in [0.5, 0.6) is 0 Å². The minimum atomic E-state index is 0.458. The maximum atomic E-state index is 5.36. The van der Waals surface area contributed by atoms with Gasteiger partial charge in [-0.2, -0.15) is 0 Å². The Labute approximate surface area is 73.0 Å². The van der Waals surface area contributed by atoms with Crippen molar-refractivity contribution in [3.63, 3.8) is 0 Å². The average molecular weight is 165 g/mol. The summed E-state index contributed by atoms with van der Waals surface area (Å²) in [4.78, 5) is 0. The van der Waals surface area contributed by atoms with Gasteiger partial charge in [-0.25, -0.2) is 0 Å². The van der Waals surface area contributed by atoms with Crippen LogP contribution in [-0.4, -0.2) is 6.54 Å². The molecule has 12 heavy (non-hydrogen) atoms. The van der Waals surface area contributed by atoms with Crippen LogP contribution in [-0.2, 0) is 0 Å². The summed E-state index contributed by atoms with van der Waals surface area (Å²) in [5, 5.41) is 3.39. The van der Waals surface area contributed by atoms with Crippen molar-refractivity contribution in [2.75, 3.05) is 6.54 Å². The van der Waals surface area contributed by atoms with E-state index in [1.54, 1.807) is 6.26 Å². The van der Waals surface area contributed by atoms with Crippen molar-refractivity contribution >= 4 is 0 Å². The summed E-state index contributed by atoms with van der Waals surface area (Å²) in [6.45, 7) is 5.66. The van der Waals surface area contributed by atoms with Crippen molar-refractivity contribution in [2.24, 2.45) is 11.8 Å². The molecule has 1 N–H and O–H groups in total. The molecule has 0 amide bonds. The van der Waals surface area contributed by atoms with Crippen molar-refractivity contribution in [1.82, 2.24) is 5.32 Å². The molecular weight excluding hydrogens is 150 g/mol. The molecule has 1 aliphatic rings. The van der Waals surface area contributed by atoms with Gasteiger partial charge in [0.25, 0.3) is 0 Å². The van der Waals surface area contributed by atoms with E-state index in [4.69, 9.17) is 4.42 Å². The molecule has 1 aromatic heterocycles. The van der Waals surface area contributed by atoms with E-state index in [-0.39, 0.29) is 0 Å². The quantitative estimate of drug-likeness (QED) is 0.726. The van der Waals surface area contributed by atoms with Gasteiger partial charge in [-0.1, -0.05) is 13.8 Å². The van der Waals surface area contributed by atoms with Crippen LogP contribution >= 0.6 is 0 Å². The predicted molar refractivity (Wildman–Crippen MR) is 47.8 cm³/mol. The minimum Gasteiger partial charge on any atom is -0.468 e. The number of furan rings is 1. The molecule has 0 spiro atoms. The van der Waals surface area contributed by atoms with Gasteiger partial charge < -0.3 is 9.73 Å². The van der Waals surface area contributed by atoms with E-state index in [0.717, 1.165) is 24.1 Å². The van der Waals surface area contributed by atoms with Crippen LogP contribution in [0.15, 0.2) is 22.8 Å². The van der Waals surface area contributed by atoms with E-state index in [2.05, 4.69) is 19.2 Å². The molecule has 2 atom stereocenters. The topological polar surface area (TPSA) is 25.2 Å². The molecule has 1 aliphatic heterocycles. The normalized spacial score (nSPS) is 28.9. The highest BCUT2D eigenvalue weighted by molar-refractivity contribution is 5.10. The van der Waals surface area contributed by atoms with Gasteiger partial charge in [0.15, 0.2) is 0 Å². The lowest BCUT2D eigenvalue weighted by molar-refractivity contribution is 0.152. The lowest BCUT2D eigenvalue weighted by Gasteiger charge is -2.39. The molecule has 2 heterocycles. The second-order valence-electron chi connectivity index (χ2n) is 3.81. The highest BCUT2D eigenvalue weighted by atomic mass is 16.3. The Morgan fingerprint density at radius 2 is 2.42 bits per heavy atom. The fourth-order valence-corrected chi connectivity index (χ4v) is 1.77. The molecule has 0 radical (unpaired) electrons. The second kappa shape index (κ2) is 2.94. The fraction of sp³-hybridized carbons (Fsp3) is 0.600. The lowest BCUT2D eigenvalue weighted by Crippen LogP contribution is -2.47. The van der Waals surface area contributed by atoms with Crippen molar-refractivity contribution < 1.29 is 4.42 Å². The Kier molecular flexibility index (Phi) is 1.93. The first kappa shape index (κ1) is 7.87. The molecule has 0 saturated carbocycles. The van der Waals surface area contributed by atoms with Crippen LogP contribution in [0.1, 0.15) is 25.6 Å². The number of hydrogen-bond donors (Lipinski definition) is 1. The van der Waals surface area contributed by atoms with Crippen molar-refractivity contribution in [1.29, 1.82) is 0 Å². The van der Waals surface area contributed by atoms with Gasteiger partial charge in [-0.15, -0.1) is 0 Å². The first-order chi connectivity index (χ1) is 5.79. The molecule has 2 rings (SSSR count). The zero-order valence-electron chi connectivity index (χ0n) is 7.58. The van der Waals surface area contributed by atoms with Crippen molar-refractivity contribution in [3.8, 4) is 0 Å². The van der Waals surface area contributed by atoms with Crippen LogP contribution in [0, 0.1) is 11.8 Å². The minimum absolute atomic E-state index is 0.458. The molecule has 1 saturated heterocycles. The maximum absolute atomic E-state index is 5.36. The Morgan fingerprint density at radius 1 is 1.58 bits per heavy atom. The van der Waals surface area contributed by atoms with Gasteiger partial charge in [0.2, 0.25) is 0 Å². The first-order valence-corrected chi connectivity index (χ1v) is 4.56. The summed E-state index contributed by atoms with van der Waals surface area (Å²) in [6.07, 6.45) is 1.74. The monoisotopic (exact) mass is 165 g/mol. The Bertz CT molecular complexity index is 240. The molecule has 2 heteroatoms. The van der Waals surface area contributed by atoms with Crippen LogP contribution < -0.4 is 5.32 Å². The third-order valence-corrected chi connectivity index (χ3v) is 2.71. The van der Waals surface area contributed by atoms with E-state index < -0.39 is 0 Å². The largest absolute Gasteiger partial charge is 0.468 e. The summed E-state index contributed by atoms with van der Waals surface area (Å²) in [5.74, 6) is 2.57. The van der Waals surface area contributed by atoms with Gasteiger partial charge in [-0.05, 0) is 24.0 Å². The first-order valence-electron chi connectivity index (χ1n) is 4.56. The van der Waals surface area contributed by atoms with E-state index in [1.807, 2.05) is 12.1 Å². The lowest BCUT2D eigenvalue weighted by atomic mass is 9.81. The van der Waals surface area contributed by atoms with E-state index in [9.17, 15) is 0 Å². The van der Waals surface area contributed by atoms with Gasteiger partial charge >= 0.3 is 0 Å². The third-order valence-electron chi connectivity index (χ3n) is 2.71. The second-order valence-corrected chi connectivity index (χ2v) is 3.81. The Balaban J connectivity index is 2.07. The van der Waals surface area contributed by atoms with Crippen molar-refractivity contribution in [3.05, 3.63) is 24.2 Å². The summed E-state index contributed by atoms with van der Waals surface area (Å²) < 4.78 is 5.36. The highest BCUT2D eigenvalue weighted by Crippen LogP contribution is 2.34. The SMILES string of the molecule is CC(C)C1CNC1c1ccco1. The average Bonchev–Trinajstić information content (AvgIpc) is 2.35. The number of nitrogens with one attached hydrogen (secondary N) is 1.